The number of benzene rings is 1. The van der Waals surface area contributed by atoms with Crippen LogP contribution in [0.15, 0.2) is 59.7 Å². The largest absolute Gasteiger partial charge is 0.490 e. The van der Waals surface area contributed by atoms with Gasteiger partial charge in [0, 0.05) is 29.4 Å². The van der Waals surface area contributed by atoms with Gasteiger partial charge in [-0.3, -0.25) is 4.40 Å². The maximum atomic E-state index is 10.6. The standard InChI is InChI=1S/C21H21N3O2S.C2HF3O2/c1-21(2,3)26-16-7-8-17(18-5-4-6-20-22-9-10-24(18)20)19(11-16)25-12-15-13-27-14-23-15;3-2(4,5)1(6)7/h4-11,13-14H,12H2,1-3H3;(H,6,7). The van der Waals surface area contributed by atoms with Crippen molar-refractivity contribution in [2.24, 2.45) is 0 Å². The van der Waals surface area contributed by atoms with Gasteiger partial charge in [-0.1, -0.05) is 6.07 Å². The quantitative estimate of drug-likeness (QED) is 0.376. The summed E-state index contributed by atoms with van der Waals surface area (Å²) in [7, 11) is 0. The van der Waals surface area contributed by atoms with Crippen molar-refractivity contribution in [1.29, 1.82) is 0 Å². The number of thiazole rings is 1. The van der Waals surface area contributed by atoms with Crippen molar-refractivity contribution in [3.05, 3.63) is 65.4 Å². The highest BCUT2D eigenvalue weighted by Crippen LogP contribution is 2.35. The topological polar surface area (TPSA) is 86.0 Å². The highest BCUT2D eigenvalue weighted by molar-refractivity contribution is 7.07. The van der Waals surface area contributed by atoms with Crippen molar-refractivity contribution >= 4 is 23.0 Å². The third-order valence-corrected chi connectivity index (χ3v) is 4.82. The number of aromatic nitrogens is 3. The van der Waals surface area contributed by atoms with Crippen LogP contribution in [-0.4, -0.2) is 37.2 Å². The Morgan fingerprint density at radius 3 is 2.50 bits per heavy atom. The molecule has 0 atom stereocenters. The minimum atomic E-state index is -5.08. The van der Waals surface area contributed by atoms with Gasteiger partial charge in [0.1, 0.15) is 29.4 Å². The number of ether oxygens (including phenoxy) is 2. The van der Waals surface area contributed by atoms with Gasteiger partial charge in [0.2, 0.25) is 0 Å². The first-order valence-corrected chi connectivity index (χ1v) is 10.9. The summed E-state index contributed by atoms with van der Waals surface area (Å²) in [5.41, 5.74) is 5.33. The van der Waals surface area contributed by atoms with Crippen LogP contribution in [0.3, 0.4) is 0 Å². The summed E-state index contributed by atoms with van der Waals surface area (Å²) >= 11 is 1.56. The van der Waals surface area contributed by atoms with Crippen LogP contribution >= 0.6 is 11.3 Å². The minimum Gasteiger partial charge on any atom is -0.488 e. The molecule has 0 radical (unpaired) electrons. The van der Waals surface area contributed by atoms with E-state index in [2.05, 4.69) is 20.4 Å². The molecule has 7 nitrogen and oxygen atoms in total. The molecule has 0 aliphatic carbocycles. The predicted octanol–water partition coefficient (Wildman–Crippen LogP) is 5.85. The number of carbonyl (C=O) groups is 1. The van der Waals surface area contributed by atoms with Gasteiger partial charge in [0.25, 0.3) is 0 Å². The van der Waals surface area contributed by atoms with Gasteiger partial charge in [-0.05, 0) is 45.0 Å². The fraction of sp³-hybridized carbons (Fsp3) is 0.261. The number of aliphatic carboxylic acids is 1. The van der Waals surface area contributed by atoms with E-state index in [1.54, 1.807) is 17.5 Å². The Bertz CT molecular complexity index is 1250. The van der Waals surface area contributed by atoms with Crippen LogP contribution in [0.25, 0.3) is 16.9 Å². The molecule has 180 valence electrons. The molecular formula is C23H22F3N3O4S. The van der Waals surface area contributed by atoms with Gasteiger partial charge in [0.05, 0.1) is 16.9 Å². The number of rotatable bonds is 5. The number of hydrogen-bond donors (Lipinski definition) is 1. The Kier molecular flexibility index (Phi) is 7.45. The Labute approximate surface area is 197 Å². The molecule has 0 saturated heterocycles. The second-order valence-corrected chi connectivity index (χ2v) is 8.73. The average Bonchev–Trinajstić information content (AvgIpc) is 3.43. The van der Waals surface area contributed by atoms with Crippen molar-refractivity contribution in [2.75, 3.05) is 0 Å². The van der Waals surface area contributed by atoms with Crippen molar-refractivity contribution in [3.63, 3.8) is 0 Å². The SMILES string of the molecule is CC(C)(C)Oc1ccc(-c2cccc3nccn23)c(OCc2cscn2)c1.O=C(O)C(F)(F)F. The molecule has 0 bridgehead atoms. The lowest BCUT2D eigenvalue weighted by Gasteiger charge is -2.22. The van der Waals surface area contributed by atoms with Gasteiger partial charge in [-0.2, -0.15) is 13.2 Å². The highest BCUT2D eigenvalue weighted by atomic mass is 32.1. The zero-order chi connectivity index (χ0) is 24.9. The van der Waals surface area contributed by atoms with E-state index >= 15 is 0 Å². The van der Waals surface area contributed by atoms with Crippen molar-refractivity contribution in [1.82, 2.24) is 14.4 Å². The average molecular weight is 494 g/mol. The number of fused-ring (bicyclic) bond motifs is 1. The molecule has 1 aromatic carbocycles. The normalized spacial score (nSPS) is 11.6. The first-order chi connectivity index (χ1) is 15.9. The summed E-state index contributed by atoms with van der Waals surface area (Å²) in [4.78, 5) is 17.6. The molecule has 34 heavy (non-hydrogen) atoms. The Hall–Kier alpha value is -3.60. The van der Waals surface area contributed by atoms with Crippen molar-refractivity contribution in [2.45, 2.75) is 39.2 Å². The second kappa shape index (κ2) is 10.1. The second-order valence-electron chi connectivity index (χ2n) is 8.01. The zero-order valence-electron chi connectivity index (χ0n) is 18.5. The third-order valence-electron chi connectivity index (χ3n) is 4.18. The fourth-order valence-corrected chi connectivity index (χ4v) is 3.42. The Morgan fingerprint density at radius 2 is 1.88 bits per heavy atom. The maximum absolute atomic E-state index is 10.6. The number of halogens is 3. The zero-order valence-corrected chi connectivity index (χ0v) is 19.4. The lowest BCUT2D eigenvalue weighted by Crippen LogP contribution is -2.22. The lowest BCUT2D eigenvalue weighted by atomic mass is 10.1. The van der Waals surface area contributed by atoms with Gasteiger partial charge in [-0.25, -0.2) is 14.8 Å². The summed E-state index contributed by atoms with van der Waals surface area (Å²) in [5, 5.41) is 9.12. The number of carboxylic acid groups (broad SMARTS) is 1. The molecule has 0 unspecified atom stereocenters. The molecule has 0 saturated carbocycles. The minimum absolute atomic E-state index is 0.280. The number of imidazole rings is 1. The van der Waals surface area contributed by atoms with Crippen LogP contribution in [-0.2, 0) is 11.4 Å². The van der Waals surface area contributed by atoms with Crippen LogP contribution in [0.2, 0.25) is 0 Å². The van der Waals surface area contributed by atoms with E-state index in [1.165, 1.54) is 0 Å². The van der Waals surface area contributed by atoms with E-state index in [0.29, 0.717) is 6.61 Å². The van der Waals surface area contributed by atoms with Crippen molar-refractivity contribution < 1.29 is 32.5 Å². The number of nitrogens with zero attached hydrogens (tertiary/aromatic N) is 3. The third kappa shape index (κ3) is 6.70. The molecule has 4 rings (SSSR count). The molecule has 11 heteroatoms. The van der Waals surface area contributed by atoms with Crippen LogP contribution < -0.4 is 9.47 Å². The smallest absolute Gasteiger partial charge is 0.488 e. The molecular weight excluding hydrogens is 471 g/mol. The van der Waals surface area contributed by atoms with Gasteiger partial charge in [0.15, 0.2) is 0 Å². The fourth-order valence-electron chi connectivity index (χ4n) is 2.88. The summed E-state index contributed by atoms with van der Waals surface area (Å²) < 4.78 is 46.0. The van der Waals surface area contributed by atoms with Gasteiger partial charge < -0.3 is 14.6 Å². The molecule has 0 aliphatic rings. The summed E-state index contributed by atoms with van der Waals surface area (Å²) in [5.74, 6) is -1.23. The summed E-state index contributed by atoms with van der Waals surface area (Å²) in [6, 6.07) is 12.0. The molecule has 0 fully saturated rings. The number of hydrogen-bond acceptors (Lipinski definition) is 6. The number of alkyl halides is 3. The number of pyridine rings is 1. The molecule has 0 amide bonds. The lowest BCUT2D eigenvalue weighted by molar-refractivity contribution is -0.192. The van der Waals surface area contributed by atoms with E-state index in [4.69, 9.17) is 19.4 Å². The molecule has 0 aliphatic heterocycles. The van der Waals surface area contributed by atoms with Gasteiger partial charge >= 0.3 is 12.1 Å². The Balaban J connectivity index is 0.000000406. The van der Waals surface area contributed by atoms with Crippen LogP contribution in [0.4, 0.5) is 13.2 Å². The summed E-state index contributed by atoms with van der Waals surface area (Å²) in [6.45, 7) is 6.50. The van der Waals surface area contributed by atoms with Crippen molar-refractivity contribution in [3.8, 4) is 22.8 Å². The molecule has 0 spiro atoms. The maximum Gasteiger partial charge on any atom is 0.490 e. The Morgan fingerprint density at radius 1 is 1.15 bits per heavy atom. The monoisotopic (exact) mass is 493 g/mol. The van der Waals surface area contributed by atoms with E-state index < -0.39 is 12.1 Å². The number of carboxylic acids is 1. The first kappa shape index (κ1) is 25.0. The van der Waals surface area contributed by atoms with Crippen LogP contribution in [0.5, 0.6) is 11.5 Å². The highest BCUT2D eigenvalue weighted by Gasteiger charge is 2.38. The van der Waals surface area contributed by atoms with E-state index in [-0.39, 0.29) is 5.60 Å². The van der Waals surface area contributed by atoms with E-state index in [1.807, 2.05) is 68.2 Å². The molecule has 3 aromatic heterocycles. The molecule has 3 heterocycles. The predicted molar refractivity (Wildman–Crippen MR) is 121 cm³/mol. The first-order valence-electron chi connectivity index (χ1n) is 9.99. The van der Waals surface area contributed by atoms with Crippen LogP contribution in [0, 0.1) is 0 Å². The molecule has 1 N–H and O–H groups in total. The molecule has 4 aromatic rings. The van der Waals surface area contributed by atoms with E-state index in [0.717, 1.165) is 34.1 Å². The van der Waals surface area contributed by atoms with Gasteiger partial charge in [-0.15, -0.1) is 11.3 Å². The summed E-state index contributed by atoms with van der Waals surface area (Å²) in [6.07, 6.45) is -1.33. The van der Waals surface area contributed by atoms with E-state index in [9.17, 15) is 13.2 Å². The van der Waals surface area contributed by atoms with Crippen LogP contribution in [0.1, 0.15) is 26.5 Å².